The number of hydrogen-bond donors (Lipinski definition) is 1. The second kappa shape index (κ2) is 6.51. The van der Waals surface area contributed by atoms with Gasteiger partial charge in [-0.15, -0.1) is 23.1 Å². The summed E-state index contributed by atoms with van der Waals surface area (Å²) in [6.07, 6.45) is -3.23. The number of aliphatic hydroxyl groups is 1. The summed E-state index contributed by atoms with van der Waals surface area (Å²) in [5.74, 6) is -3.21. The molecule has 0 amide bonds. The maximum absolute atomic E-state index is 13.9. The van der Waals surface area contributed by atoms with E-state index < -0.39 is 30.2 Å². The first-order valence-electron chi connectivity index (χ1n) is 7.40. The van der Waals surface area contributed by atoms with Gasteiger partial charge in [-0.1, -0.05) is 0 Å². The Balaban J connectivity index is 2.11. The Kier molecular flexibility index (Phi) is 4.85. The van der Waals surface area contributed by atoms with Gasteiger partial charge in [-0.2, -0.15) is 13.2 Å². The molecule has 1 aliphatic carbocycles. The highest BCUT2D eigenvalue weighted by Gasteiger charge is 2.42. The summed E-state index contributed by atoms with van der Waals surface area (Å²) in [6.45, 7) is 0. The molecule has 1 unspecified atom stereocenters. The van der Waals surface area contributed by atoms with Crippen LogP contribution >= 0.6 is 23.1 Å². The Bertz CT molecular complexity index is 787. The number of aliphatic hydroxyl groups excluding tert-OH is 1. The molecule has 0 saturated heterocycles. The Hall–Kier alpha value is -1.19. The third-order valence-electron chi connectivity index (χ3n) is 4.19. The van der Waals surface area contributed by atoms with Gasteiger partial charge in [0.05, 0.1) is 9.77 Å². The maximum Gasteiger partial charge on any atom is 0.417 e. The van der Waals surface area contributed by atoms with E-state index in [0.29, 0.717) is 16.0 Å². The monoisotopic (exact) mass is 395 g/mol. The van der Waals surface area contributed by atoms with Crippen molar-refractivity contribution in [1.82, 2.24) is 4.98 Å². The van der Waals surface area contributed by atoms with Crippen molar-refractivity contribution in [3.63, 3.8) is 0 Å². The number of thiophene rings is 1. The van der Waals surface area contributed by atoms with E-state index in [4.69, 9.17) is 0 Å². The molecule has 25 heavy (non-hydrogen) atoms. The molecule has 2 aromatic heterocycles. The summed E-state index contributed by atoms with van der Waals surface area (Å²) in [7, 11) is 0. The molecule has 9 heteroatoms. The molecule has 1 aliphatic rings. The normalized spacial score (nSPS) is 20.2. The van der Waals surface area contributed by atoms with Crippen LogP contribution in [0.15, 0.2) is 22.7 Å². The average Bonchev–Trinajstić information content (AvgIpc) is 2.84. The van der Waals surface area contributed by atoms with Crippen molar-refractivity contribution in [2.45, 2.75) is 41.7 Å². The third-order valence-corrected chi connectivity index (χ3v) is 6.67. The topological polar surface area (TPSA) is 33.1 Å². The van der Waals surface area contributed by atoms with E-state index in [1.54, 1.807) is 6.26 Å². The Morgan fingerprint density at radius 1 is 1.28 bits per heavy atom. The first kappa shape index (κ1) is 18.6. The molecule has 0 spiro atoms. The van der Waals surface area contributed by atoms with Gasteiger partial charge in [0, 0.05) is 35.7 Å². The Morgan fingerprint density at radius 3 is 2.64 bits per heavy atom. The number of halogens is 5. The predicted molar refractivity (Wildman–Crippen MR) is 87.3 cm³/mol. The van der Waals surface area contributed by atoms with Crippen LogP contribution in [0.25, 0.3) is 10.4 Å². The SMILES string of the molecule is CSc1sc(-c2cncc(C(F)(F)F)c2)c2c1CC(O)C(F)(F)CC2. The first-order chi connectivity index (χ1) is 11.6. The number of aromatic nitrogens is 1. The van der Waals surface area contributed by atoms with Crippen molar-refractivity contribution in [1.29, 1.82) is 0 Å². The van der Waals surface area contributed by atoms with E-state index in [1.165, 1.54) is 29.3 Å². The van der Waals surface area contributed by atoms with Crippen LogP contribution in [0.2, 0.25) is 0 Å². The minimum absolute atomic E-state index is 0.00202. The molecule has 136 valence electrons. The molecule has 0 bridgehead atoms. The van der Waals surface area contributed by atoms with Crippen molar-refractivity contribution in [3.8, 4) is 10.4 Å². The number of alkyl halides is 5. The summed E-state index contributed by atoms with van der Waals surface area (Å²) < 4.78 is 67.3. The molecule has 0 saturated carbocycles. The molecule has 2 heterocycles. The lowest BCUT2D eigenvalue weighted by molar-refractivity contribution is -0.137. The highest BCUT2D eigenvalue weighted by atomic mass is 32.2. The van der Waals surface area contributed by atoms with Crippen molar-refractivity contribution in [2.24, 2.45) is 0 Å². The highest BCUT2D eigenvalue weighted by molar-refractivity contribution is 8.00. The van der Waals surface area contributed by atoms with E-state index >= 15 is 0 Å². The molecule has 0 aromatic carbocycles. The number of rotatable bonds is 2. The van der Waals surface area contributed by atoms with Crippen LogP contribution in [0, 0.1) is 0 Å². The zero-order chi connectivity index (χ0) is 18.4. The fourth-order valence-electron chi connectivity index (χ4n) is 2.87. The van der Waals surface area contributed by atoms with Crippen molar-refractivity contribution < 1.29 is 27.1 Å². The smallest absolute Gasteiger partial charge is 0.387 e. The van der Waals surface area contributed by atoms with Gasteiger partial charge in [-0.25, -0.2) is 8.78 Å². The fraction of sp³-hybridized carbons (Fsp3) is 0.438. The van der Waals surface area contributed by atoms with E-state index in [0.717, 1.165) is 16.5 Å². The number of nitrogens with zero attached hydrogens (tertiary/aromatic N) is 1. The van der Waals surface area contributed by atoms with Crippen LogP contribution in [0.5, 0.6) is 0 Å². The van der Waals surface area contributed by atoms with E-state index in [-0.39, 0.29) is 18.4 Å². The summed E-state index contributed by atoms with van der Waals surface area (Å²) in [5.41, 5.74) is 0.578. The minimum Gasteiger partial charge on any atom is -0.387 e. The van der Waals surface area contributed by atoms with Gasteiger partial charge in [0.15, 0.2) is 0 Å². The number of fused-ring (bicyclic) bond motifs is 1. The van der Waals surface area contributed by atoms with Crippen LogP contribution in [-0.2, 0) is 19.0 Å². The molecule has 2 aromatic rings. The van der Waals surface area contributed by atoms with Gasteiger partial charge in [0.2, 0.25) is 0 Å². The summed E-state index contributed by atoms with van der Waals surface area (Å²) in [6, 6.07) is 0.989. The van der Waals surface area contributed by atoms with Gasteiger partial charge in [0.1, 0.15) is 6.10 Å². The van der Waals surface area contributed by atoms with E-state index in [1.807, 2.05) is 0 Å². The van der Waals surface area contributed by atoms with Gasteiger partial charge < -0.3 is 5.11 Å². The molecule has 2 nitrogen and oxygen atoms in total. The average molecular weight is 395 g/mol. The zero-order valence-corrected chi connectivity index (χ0v) is 14.7. The van der Waals surface area contributed by atoms with Crippen LogP contribution in [0.3, 0.4) is 0 Å². The molecular weight excluding hydrogens is 381 g/mol. The Labute approximate surface area is 149 Å². The maximum atomic E-state index is 13.9. The number of hydrogen-bond acceptors (Lipinski definition) is 4. The summed E-state index contributed by atoms with van der Waals surface area (Å²) >= 11 is 2.60. The summed E-state index contributed by atoms with van der Waals surface area (Å²) in [4.78, 5) is 4.18. The van der Waals surface area contributed by atoms with E-state index in [2.05, 4.69) is 4.98 Å². The molecule has 3 rings (SSSR count). The lowest BCUT2D eigenvalue weighted by Gasteiger charge is -2.19. The number of pyridine rings is 1. The van der Waals surface area contributed by atoms with E-state index in [9.17, 15) is 27.1 Å². The molecule has 0 aliphatic heterocycles. The highest BCUT2D eigenvalue weighted by Crippen LogP contribution is 2.46. The third kappa shape index (κ3) is 3.54. The Morgan fingerprint density at radius 2 is 2.00 bits per heavy atom. The fourth-order valence-corrected chi connectivity index (χ4v) is 4.99. The van der Waals surface area contributed by atoms with Crippen molar-refractivity contribution >= 4 is 23.1 Å². The molecule has 0 radical (unpaired) electrons. The minimum atomic E-state index is -4.53. The molecular formula is C16H14F5NOS2. The molecule has 0 fully saturated rings. The van der Waals surface area contributed by atoms with Crippen molar-refractivity contribution in [3.05, 3.63) is 35.2 Å². The zero-order valence-electron chi connectivity index (χ0n) is 13.0. The molecule has 1 N–H and O–H groups in total. The largest absolute Gasteiger partial charge is 0.417 e. The molecule has 1 atom stereocenters. The van der Waals surface area contributed by atoms with Crippen LogP contribution in [0.4, 0.5) is 22.0 Å². The second-order valence-electron chi connectivity index (χ2n) is 5.82. The predicted octanol–water partition coefficient (Wildman–Crippen LogP) is 5.04. The van der Waals surface area contributed by atoms with Crippen molar-refractivity contribution in [2.75, 3.05) is 6.26 Å². The lowest BCUT2D eigenvalue weighted by Crippen LogP contribution is -2.34. The lowest BCUT2D eigenvalue weighted by atomic mass is 10.0. The van der Waals surface area contributed by atoms with Crippen LogP contribution < -0.4 is 0 Å². The quantitative estimate of drug-likeness (QED) is 0.440. The second-order valence-corrected chi connectivity index (χ2v) is 7.92. The number of thioether (sulfide) groups is 1. The summed E-state index contributed by atoms with van der Waals surface area (Å²) in [5, 5.41) is 9.80. The van der Waals surface area contributed by atoms with Gasteiger partial charge in [-0.05, 0) is 29.9 Å². The van der Waals surface area contributed by atoms with Gasteiger partial charge in [0.25, 0.3) is 5.92 Å². The van der Waals surface area contributed by atoms with Crippen LogP contribution in [0.1, 0.15) is 23.1 Å². The van der Waals surface area contributed by atoms with Gasteiger partial charge in [-0.3, -0.25) is 4.98 Å². The van der Waals surface area contributed by atoms with Gasteiger partial charge >= 0.3 is 6.18 Å². The first-order valence-corrected chi connectivity index (χ1v) is 9.44. The van der Waals surface area contributed by atoms with Crippen LogP contribution in [-0.4, -0.2) is 28.4 Å². The standard InChI is InChI=1S/C16H14F5NOS2/c1-24-14-11-5-12(23)15(17,18)3-2-10(11)13(25-14)8-4-9(7-22-6-8)16(19,20)21/h4,6-7,12,23H,2-3,5H2,1H3.